The molecule has 5 heteroatoms. The first-order chi connectivity index (χ1) is 11.7. The fraction of sp³-hybridized carbons (Fsp3) is 0.368. The van der Waals surface area contributed by atoms with Crippen molar-refractivity contribution >= 4 is 11.6 Å². The highest BCUT2D eigenvalue weighted by atomic mass is 16.5. The van der Waals surface area contributed by atoms with E-state index in [9.17, 15) is 4.79 Å². The van der Waals surface area contributed by atoms with E-state index >= 15 is 0 Å². The molecule has 3 rings (SSSR count). The topological polar surface area (TPSA) is 63.2 Å². The summed E-state index contributed by atoms with van der Waals surface area (Å²) in [5, 5.41) is 6.35. The summed E-state index contributed by atoms with van der Waals surface area (Å²) in [6, 6.07) is 9.90. The molecule has 0 saturated carbocycles. The first-order valence-electron chi connectivity index (χ1n) is 8.37. The zero-order valence-electron chi connectivity index (χ0n) is 13.9. The predicted molar refractivity (Wildman–Crippen MR) is 94.2 cm³/mol. The normalized spacial score (nSPS) is 16.5. The molecule has 0 fully saturated rings. The maximum Gasteiger partial charge on any atom is 0.223 e. The Morgan fingerprint density at radius 1 is 1.29 bits per heavy atom. The second-order valence-corrected chi connectivity index (χ2v) is 6.05. The Bertz CT molecular complexity index is 703. The molecule has 0 aliphatic carbocycles. The first kappa shape index (κ1) is 16.3. The van der Waals surface area contributed by atoms with E-state index in [4.69, 9.17) is 4.74 Å². The Morgan fingerprint density at radius 3 is 3.04 bits per heavy atom. The minimum absolute atomic E-state index is 0.0312. The fourth-order valence-corrected chi connectivity index (χ4v) is 2.91. The third-order valence-corrected chi connectivity index (χ3v) is 4.29. The number of para-hydroxylation sites is 1. The largest absolute Gasteiger partial charge is 0.493 e. The number of ether oxygens (including phenoxy) is 1. The highest BCUT2D eigenvalue weighted by Crippen LogP contribution is 2.26. The van der Waals surface area contributed by atoms with Crippen molar-refractivity contribution in [3.8, 4) is 5.75 Å². The Labute approximate surface area is 142 Å². The van der Waals surface area contributed by atoms with E-state index < -0.39 is 0 Å². The smallest absolute Gasteiger partial charge is 0.223 e. The van der Waals surface area contributed by atoms with Crippen LogP contribution in [-0.4, -0.2) is 30.6 Å². The van der Waals surface area contributed by atoms with E-state index in [2.05, 4.69) is 15.6 Å². The van der Waals surface area contributed by atoms with Crippen LogP contribution in [0.1, 0.15) is 17.5 Å². The SMILES string of the molecule is Cc1cnccc1NCCNC(=O)C1CCOc2ccccc2C1. The van der Waals surface area contributed by atoms with Crippen LogP contribution in [0.25, 0.3) is 0 Å². The average molecular weight is 325 g/mol. The van der Waals surface area contributed by atoms with Gasteiger partial charge in [0.1, 0.15) is 5.75 Å². The lowest BCUT2D eigenvalue weighted by molar-refractivity contribution is -0.125. The number of pyridine rings is 1. The van der Waals surface area contributed by atoms with Gasteiger partial charge >= 0.3 is 0 Å². The van der Waals surface area contributed by atoms with Gasteiger partial charge in [-0.3, -0.25) is 9.78 Å². The van der Waals surface area contributed by atoms with Crippen LogP contribution in [0.2, 0.25) is 0 Å². The first-order valence-corrected chi connectivity index (χ1v) is 8.37. The van der Waals surface area contributed by atoms with Gasteiger partial charge in [0, 0.05) is 37.1 Å². The number of hydrogen-bond acceptors (Lipinski definition) is 4. The molecule has 1 aromatic heterocycles. The molecule has 24 heavy (non-hydrogen) atoms. The molecule has 0 spiro atoms. The molecular weight excluding hydrogens is 302 g/mol. The zero-order valence-corrected chi connectivity index (χ0v) is 13.9. The fourth-order valence-electron chi connectivity index (χ4n) is 2.91. The molecule has 2 N–H and O–H groups in total. The number of aromatic nitrogens is 1. The molecule has 0 saturated heterocycles. The molecule has 126 valence electrons. The highest BCUT2D eigenvalue weighted by Gasteiger charge is 2.23. The van der Waals surface area contributed by atoms with Gasteiger partial charge < -0.3 is 15.4 Å². The maximum absolute atomic E-state index is 12.4. The van der Waals surface area contributed by atoms with Crippen LogP contribution in [-0.2, 0) is 11.2 Å². The average Bonchev–Trinajstić information content (AvgIpc) is 2.82. The molecular formula is C19H23N3O2. The minimum Gasteiger partial charge on any atom is -0.493 e. The number of anilines is 1. The van der Waals surface area contributed by atoms with E-state index in [-0.39, 0.29) is 11.8 Å². The Kier molecular flexibility index (Phi) is 5.31. The van der Waals surface area contributed by atoms with Gasteiger partial charge in [-0.05, 0) is 43.0 Å². The van der Waals surface area contributed by atoms with Gasteiger partial charge in [0.2, 0.25) is 5.91 Å². The number of hydrogen-bond donors (Lipinski definition) is 2. The summed E-state index contributed by atoms with van der Waals surface area (Å²) in [7, 11) is 0. The van der Waals surface area contributed by atoms with Crippen LogP contribution in [0.3, 0.4) is 0 Å². The van der Waals surface area contributed by atoms with Crippen LogP contribution >= 0.6 is 0 Å². The summed E-state index contributed by atoms with van der Waals surface area (Å²) in [5.41, 5.74) is 3.26. The van der Waals surface area contributed by atoms with Crippen molar-refractivity contribution in [2.75, 3.05) is 25.0 Å². The van der Waals surface area contributed by atoms with Crippen molar-refractivity contribution in [2.24, 2.45) is 5.92 Å². The van der Waals surface area contributed by atoms with Crippen molar-refractivity contribution in [1.82, 2.24) is 10.3 Å². The third-order valence-electron chi connectivity index (χ3n) is 4.29. The van der Waals surface area contributed by atoms with E-state index in [1.165, 1.54) is 0 Å². The Balaban J connectivity index is 1.48. The molecule has 1 unspecified atom stereocenters. The molecule has 2 aromatic rings. The molecule has 1 atom stereocenters. The molecule has 2 heterocycles. The van der Waals surface area contributed by atoms with Gasteiger partial charge in [-0.25, -0.2) is 0 Å². The van der Waals surface area contributed by atoms with Crippen LogP contribution in [0.4, 0.5) is 5.69 Å². The van der Waals surface area contributed by atoms with E-state index in [0.29, 0.717) is 19.7 Å². The zero-order chi connectivity index (χ0) is 16.8. The van der Waals surface area contributed by atoms with Gasteiger partial charge in [0.25, 0.3) is 0 Å². The number of carbonyl (C=O) groups excluding carboxylic acids is 1. The highest BCUT2D eigenvalue weighted by molar-refractivity contribution is 5.79. The van der Waals surface area contributed by atoms with Crippen LogP contribution in [0.5, 0.6) is 5.75 Å². The number of rotatable bonds is 5. The van der Waals surface area contributed by atoms with Crippen molar-refractivity contribution in [2.45, 2.75) is 19.8 Å². The standard InChI is InChI=1S/C19H23N3O2/c1-14-13-20-8-6-17(14)21-9-10-22-19(23)16-7-11-24-18-5-3-2-4-15(18)12-16/h2-6,8,13,16H,7,9-12H2,1H3,(H,20,21)(H,22,23). The van der Waals surface area contributed by atoms with Crippen LogP contribution < -0.4 is 15.4 Å². The van der Waals surface area contributed by atoms with Crippen molar-refractivity contribution in [1.29, 1.82) is 0 Å². The van der Waals surface area contributed by atoms with Crippen molar-refractivity contribution in [3.63, 3.8) is 0 Å². The second kappa shape index (κ2) is 7.81. The molecule has 1 amide bonds. The van der Waals surface area contributed by atoms with Gasteiger partial charge in [0.15, 0.2) is 0 Å². The summed E-state index contributed by atoms with van der Waals surface area (Å²) in [4.78, 5) is 16.5. The summed E-state index contributed by atoms with van der Waals surface area (Å²) in [6.45, 7) is 3.89. The summed E-state index contributed by atoms with van der Waals surface area (Å²) in [5.74, 6) is 0.975. The molecule has 1 aliphatic rings. The van der Waals surface area contributed by atoms with Crippen LogP contribution in [0.15, 0.2) is 42.7 Å². The summed E-state index contributed by atoms with van der Waals surface area (Å²) >= 11 is 0. The predicted octanol–water partition coefficient (Wildman–Crippen LogP) is 2.56. The lowest BCUT2D eigenvalue weighted by Gasteiger charge is -2.15. The number of nitrogens with zero attached hydrogens (tertiary/aromatic N) is 1. The third kappa shape index (κ3) is 4.04. The molecule has 0 radical (unpaired) electrons. The second-order valence-electron chi connectivity index (χ2n) is 6.05. The summed E-state index contributed by atoms with van der Waals surface area (Å²) in [6.07, 6.45) is 5.07. The summed E-state index contributed by atoms with van der Waals surface area (Å²) < 4.78 is 5.73. The molecule has 0 bridgehead atoms. The van der Waals surface area contributed by atoms with E-state index in [1.54, 1.807) is 6.20 Å². The number of nitrogens with one attached hydrogen (secondary N) is 2. The van der Waals surface area contributed by atoms with Gasteiger partial charge in [-0.2, -0.15) is 0 Å². The van der Waals surface area contributed by atoms with Gasteiger partial charge in [-0.1, -0.05) is 18.2 Å². The van der Waals surface area contributed by atoms with Crippen molar-refractivity contribution in [3.05, 3.63) is 53.9 Å². The number of benzene rings is 1. The molecule has 5 nitrogen and oxygen atoms in total. The lowest BCUT2D eigenvalue weighted by Crippen LogP contribution is -2.35. The molecule has 1 aliphatic heterocycles. The van der Waals surface area contributed by atoms with E-state index in [0.717, 1.165) is 35.4 Å². The lowest BCUT2D eigenvalue weighted by atomic mass is 9.96. The van der Waals surface area contributed by atoms with Crippen LogP contribution in [0, 0.1) is 12.8 Å². The Hall–Kier alpha value is -2.56. The van der Waals surface area contributed by atoms with E-state index in [1.807, 2.05) is 43.5 Å². The quantitative estimate of drug-likeness (QED) is 0.829. The number of carbonyl (C=O) groups is 1. The minimum atomic E-state index is -0.0312. The molecule has 1 aromatic carbocycles. The van der Waals surface area contributed by atoms with Gasteiger partial charge in [0.05, 0.1) is 6.61 Å². The number of amides is 1. The van der Waals surface area contributed by atoms with Crippen molar-refractivity contribution < 1.29 is 9.53 Å². The number of aryl methyl sites for hydroxylation is 1. The maximum atomic E-state index is 12.4. The Morgan fingerprint density at radius 2 is 2.17 bits per heavy atom. The number of fused-ring (bicyclic) bond motifs is 1. The van der Waals surface area contributed by atoms with Gasteiger partial charge in [-0.15, -0.1) is 0 Å². The monoisotopic (exact) mass is 325 g/mol.